The number of nitrogens with zero attached hydrogens (tertiary/aromatic N) is 2. The molecule has 1 amide bonds. The van der Waals surface area contributed by atoms with E-state index in [-0.39, 0.29) is 11.7 Å². The molecule has 0 bridgehead atoms. The van der Waals surface area contributed by atoms with E-state index in [1.54, 1.807) is 29.5 Å². The third kappa shape index (κ3) is 3.06. The normalized spacial score (nSPS) is 11.2. The number of nitrogens with one attached hydrogen (secondary N) is 1. The van der Waals surface area contributed by atoms with Gasteiger partial charge in [-0.05, 0) is 44.2 Å². The van der Waals surface area contributed by atoms with Gasteiger partial charge in [0.15, 0.2) is 11.6 Å². The molecule has 3 heterocycles. The Morgan fingerprint density at radius 1 is 1.24 bits per heavy atom. The highest BCUT2D eigenvalue weighted by atomic mass is 35.5. The lowest BCUT2D eigenvalue weighted by molar-refractivity contribution is 0.0998. The topological polar surface area (TPSA) is 68.0 Å². The summed E-state index contributed by atoms with van der Waals surface area (Å²) < 4.78 is 9.97. The number of aryl methyl sites for hydroxylation is 2. The fraction of sp³-hybridized carbons (Fsp3) is 0.118. The molecule has 0 aliphatic rings. The molecule has 126 valence electrons. The number of carbonyl (C=O) groups excluding carboxylic acids is 1. The minimum absolute atomic E-state index is 0.251. The van der Waals surface area contributed by atoms with Crippen molar-refractivity contribution in [3.8, 4) is 10.7 Å². The van der Waals surface area contributed by atoms with Gasteiger partial charge >= 0.3 is 0 Å². The monoisotopic (exact) mass is 389 g/mol. The van der Waals surface area contributed by atoms with Gasteiger partial charge in [-0.1, -0.05) is 11.6 Å². The zero-order chi connectivity index (χ0) is 17.6. The van der Waals surface area contributed by atoms with E-state index in [0.717, 1.165) is 27.4 Å². The van der Waals surface area contributed by atoms with Crippen molar-refractivity contribution < 1.29 is 9.21 Å². The maximum absolute atomic E-state index is 12.5. The molecule has 0 atom stereocenters. The molecular weight excluding hydrogens is 378 g/mol. The van der Waals surface area contributed by atoms with Gasteiger partial charge in [0.2, 0.25) is 5.13 Å². The van der Waals surface area contributed by atoms with Crippen LogP contribution in [0.15, 0.2) is 34.7 Å². The summed E-state index contributed by atoms with van der Waals surface area (Å²) in [6.45, 7) is 3.86. The van der Waals surface area contributed by atoms with Crippen molar-refractivity contribution >= 4 is 56.5 Å². The summed E-state index contributed by atoms with van der Waals surface area (Å²) in [6.07, 6.45) is 0. The van der Waals surface area contributed by atoms with Gasteiger partial charge in [-0.2, -0.15) is 9.36 Å². The second-order valence-corrected chi connectivity index (χ2v) is 7.96. The van der Waals surface area contributed by atoms with Gasteiger partial charge in [-0.3, -0.25) is 10.1 Å². The van der Waals surface area contributed by atoms with Crippen molar-refractivity contribution in [2.45, 2.75) is 13.8 Å². The summed E-state index contributed by atoms with van der Waals surface area (Å²) in [6, 6.07) is 9.26. The number of hydrogen-bond acceptors (Lipinski definition) is 6. The van der Waals surface area contributed by atoms with Crippen LogP contribution in [0.1, 0.15) is 21.0 Å². The first-order valence-electron chi connectivity index (χ1n) is 7.42. The number of halogens is 1. The summed E-state index contributed by atoms with van der Waals surface area (Å²) in [5.41, 5.74) is 1.37. The van der Waals surface area contributed by atoms with Gasteiger partial charge in [0.25, 0.3) is 5.91 Å². The number of furan rings is 1. The molecule has 0 aliphatic carbocycles. The Balaban J connectivity index is 1.60. The number of aromatic nitrogens is 2. The SMILES string of the molecule is Cc1ccc(-c2nsc(NC(=O)c3oc4ccc(Cl)cc4c3C)n2)s1. The standard InChI is InChI=1S/C17H12ClN3O2S2/c1-8-3-6-13(24-8)15-19-17(25-21-15)20-16(22)14-9(2)11-7-10(18)4-5-12(11)23-14/h3-7H,1-2H3,(H,19,20,21,22). The van der Waals surface area contributed by atoms with E-state index in [2.05, 4.69) is 14.7 Å². The van der Waals surface area contributed by atoms with E-state index in [4.69, 9.17) is 16.0 Å². The van der Waals surface area contributed by atoms with Gasteiger partial charge in [0.05, 0.1) is 4.88 Å². The van der Waals surface area contributed by atoms with Crippen molar-refractivity contribution in [3.63, 3.8) is 0 Å². The molecule has 3 aromatic heterocycles. The van der Waals surface area contributed by atoms with Crippen LogP contribution in [0.25, 0.3) is 21.7 Å². The Morgan fingerprint density at radius 2 is 2.08 bits per heavy atom. The zero-order valence-corrected chi connectivity index (χ0v) is 15.7. The minimum Gasteiger partial charge on any atom is -0.451 e. The molecule has 8 heteroatoms. The van der Waals surface area contributed by atoms with Crippen molar-refractivity contribution in [2.24, 2.45) is 0 Å². The summed E-state index contributed by atoms with van der Waals surface area (Å²) >= 11 is 8.77. The van der Waals surface area contributed by atoms with E-state index < -0.39 is 0 Å². The Bertz CT molecular complexity index is 1100. The maximum atomic E-state index is 12.5. The van der Waals surface area contributed by atoms with E-state index in [9.17, 15) is 4.79 Å². The molecule has 0 saturated heterocycles. The Hall–Kier alpha value is -2.22. The van der Waals surface area contributed by atoms with Crippen LogP contribution in [-0.2, 0) is 0 Å². The minimum atomic E-state index is -0.352. The molecule has 0 unspecified atom stereocenters. The number of fused-ring (bicyclic) bond motifs is 1. The van der Waals surface area contributed by atoms with Crippen LogP contribution in [0, 0.1) is 13.8 Å². The third-order valence-corrected chi connectivity index (χ3v) is 5.57. The number of hydrogen-bond donors (Lipinski definition) is 1. The smallest absolute Gasteiger partial charge is 0.293 e. The van der Waals surface area contributed by atoms with Gasteiger partial charge in [-0.25, -0.2) is 0 Å². The van der Waals surface area contributed by atoms with Crippen LogP contribution < -0.4 is 5.32 Å². The van der Waals surface area contributed by atoms with E-state index in [1.807, 2.05) is 26.0 Å². The molecular formula is C17H12ClN3O2S2. The summed E-state index contributed by atoms with van der Waals surface area (Å²) in [7, 11) is 0. The molecule has 25 heavy (non-hydrogen) atoms. The van der Waals surface area contributed by atoms with Gasteiger partial charge in [0, 0.05) is 32.4 Å². The lowest BCUT2D eigenvalue weighted by Crippen LogP contribution is -2.11. The van der Waals surface area contributed by atoms with E-state index >= 15 is 0 Å². The number of carbonyl (C=O) groups is 1. The molecule has 4 aromatic rings. The Labute approximate surface area is 156 Å². The fourth-order valence-corrected chi connectivity index (χ4v) is 4.10. The second-order valence-electron chi connectivity index (χ2n) is 5.48. The summed E-state index contributed by atoms with van der Waals surface area (Å²) in [4.78, 5) is 19.1. The molecule has 1 aromatic carbocycles. The van der Waals surface area contributed by atoms with E-state index in [0.29, 0.717) is 21.6 Å². The molecule has 0 radical (unpaired) electrons. The summed E-state index contributed by atoms with van der Waals surface area (Å²) in [5, 5.41) is 4.61. The van der Waals surface area contributed by atoms with Gasteiger partial charge in [-0.15, -0.1) is 11.3 Å². The van der Waals surface area contributed by atoms with Gasteiger partial charge < -0.3 is 4.42 Å². The lowest BCUT2D eigenvalue weighted by Gasteiger charge is -1.98. The first kappa shape index (κ1) is 16.3. The average Bonchev–Trinajstić information content (AvgIpc) is 3.28. The average molecular weight is 390 g/mol. The van der Waals surface area contributed by atoms with Gasteiger partial charge in [0.1, 0.15) is 5.58 Å². The Morgan fingerprint density at radius 3 is 2.84 bits per heavy atom. The Kier molecular flexibility index (Phi) is 4.07. The van der Waals surface area contributed by atoms with E-state index in [1.165, 1.54) is 4.88 Å². The zero-order valence-electron chi connectivity index (χ0n) is 13.3. The highest BCUT2D eigenvalue weighted by Gasteiger charge is 2.19. The molecule has 0 fully saturated rings. The number of amides is 1. The van der Waals surface area contributed by atoms with Crippen LogP contribution in [0.2, 0.25) is 5.02 Å². The largest absolute Gasteiger partial charge is 0.451 e. The van der Waals surface area contributed by atoms with Crippen molar-refractivity contribution in [3.05, 3.63) is 51.6 Å². The first-order valence-corrected chi connectivity index (χ1v) is 9.38. The second kappa shape index (κ2) is 6.25. The molecule has 0 aliphatic heterocycles. The number of thiophene rings is 1. The van der Waals surface area contributed by atoms with Crippen LogP contribution in [0.5, 0.6) is 0 Å². The molecule has 5 nitrogen and oxygen atoms in total. The molecule has 0 spiro atoms. The highest BCUT2D eigenvalue weighted by Crippen LogP contribution is 2.30. The predicted molar refractivity (Wildman–Crippen MR) is 102 cm³/mol. The molecule has 1 N–H and O–H groups in total. The number of rotatable bonds is 3. The fourth-order valence-electron chi connectivity index (χ4n) is 2.49. The third-order valence-electron chi connectivity index (χ3n) is 3.71. The van der Waals surface area contributed by atoms with Crippen LogP contribution in [0.3, 0.4) is 0 Å². The number of benzene rings is 1. The van der Waals surface area contributed by atoms with Crippen molar-refractivity contribution in [1.82, 2.24) is 9.36 Å². The molecule has 4 rings (SSSR count). The predicted octanol–water partition coefficient (Wildman–Crippen LogP) is 5.54. The van der Waals surface area contributed by atoms with Crippen molar-refractivity contribution in [2.75, 3.05) is 5.32 Å². The van der Waals surface area contributed by atoms with Crippen molar-refractivity contribution in [1.29, 1.82) is 0 Å². The summed E-state index contributed by atoms with van der Waals surface area (Å²) in [5.74, 6) is 0.516. The quantitative estimate of drug-likeness (QED) is 0.499. The van der Waals surface area contributed by atoms with Crippen LogP contribution in [-0.4, -0.2) is 15.3 Å². The lowest BCUT2D eigenvalue weighted by atomic mass is 10.1. The van der Waals surface area contributed by atoms with Crippen LogP contribution in [0.4, 0.5) is 5.13 Å². The van der Waals surface area contributed by atoms with Crippen LogP contribution >= 0.6 is 34.5 Å². The maximum Gasteiger partial charge on any atom is 0.293 e. The highest BCUT2D eigenvalue weighted by molar-refractivity contribution is 7.15. The first-order chi connectivity index (χ1) is 12.0. The number of anilines is 1. The molecule has 0 saturated carbocycles.